The van der Waals surface area contributed by atoms with Crippen LogP contribution in [0, 0.1) is 0 Å². The van der Waals surface area contributed by atoms with E-state index in [9.17, 15) is 0 Å². The molecule has 5 heteroatoms. The van der Waals surface area contributed by atoms with E-state index in [-0.39, 0.29) is 0 Å². The van der Waals surface area contributed by atoms with Gasteiger partial charge in [0.25, 0.3) is 0 Å². The van der Waals surface area contributed by atoms with Crippen LogP contribution in [0.5, 0.6) is 0 Å². The van der Waals surface area contributed by atoms with Crippen LogP contribution in [0.3, 0.4) is 0 Å². The highest BCUT2D eigenvalue weighted by molar-refractivity contribution is 9.10. The average Bonchev–Trinajstić information content (AvgIpc) is 3.09. The van der Waals surface area contributed by atoms with Gasteiger partial charge in [0.15, 0.2) is 0 Å². The summed E-state index contributed by atoms with van der Waals surface area (Å²) >= 11 is 9.64. The number of aromatic nitrogens is 3. The summed E-state index contributed by atoms with van der Waals surface area (Å²) in [5.41, 5.74) is 1.19. The Labute approximate surface area is 113 Å². The van der Waals surface area contributed by atoms with E-state index < -0.39 is 0 Å². The van der Waals surface area contributed by atoms with Gasteiger partial charge in [-0.3, -0.25) is 4.57 Å². The second-order valence-corrected chi connectivity index (χ2v) is 5.47. The largest absolute Gasteiger partial charge is 0.297 e. The zero-order valence-corrected chi connectivity index (χ0v) is 11.4. The molecule has 0 atom stereocenters. The third-order valence-corrected chi connectivity index (χ3v) is 4.02. The molecule has 17 heavy (non-hydrogen) atoms. The van der Waals surface area contributed by atoms with E-state index in [1.165, 1.54) is 18.4 Å². The maximum atomic E-state index is 6.09. The molecule has 0 bridgehead atoms. The van der Waals surface area contributed by atoms with Gasteiger partial charge in [-0.05, 0) is 36.1 Å². The number of hydrogen-bond acceptors (Lipinski definition) is 2. The minimum absolute atomic E-state index is 0.475. The van der Waals surface area contributed by atoms with Crippen LogP contribution >= 0.6 is 27.5 Å². The zero-order chi connectivity index (χ0) is 11.8. The quantitative estimate of drug-likeness (QED) is 0.866. The molecule has 1 aromatic heterocycles. The molecule has 1 heterocycles. The van der Waals surface area contributed by atoms with E-state index >= 15 is 0 Å². The molecule has 0 spiro atoms. The minimum Gasteiger partial charge on any atom is -0.297 e. The van der Waals surface area contributed by atoms with Crippen LogP contribution in [0.4, 0.5) is 0 Å². The standard InChI is InChI=1S/C12H11BrClN3/c13-10-4-2-1-3-9(10)7-17-11(8-5-6-8)15-16-12(17)14/h1-4,8H,5-7H2. The third-order valence-electron chi connectivity index (χ3n) is 2.96. The maximum absolute atomic E-state index is 6.09. The monoisotopic (exact) mass is 311 g/mol. The Hall–Kier alpha value is -0.870. The summed E-state index contributed by atoms with van der Waals surface area (Å²) in [5.74, 6) is 1.57. The highest BCUT2D eigenvalue weighted by Gasteiger charge is 2.30. The molecular formula is C12H11BrClN3. The lowest BCUT2D eigenvalue weighted by molar-refractivity contribution is 0.725. The fourth-order valence-corrected chi connectivity index (χ4v) is 2.48. The van der Waals surface area contributed by atoms with Crippen LogP contribution < -0.4 is 0 Å². The van der Waals surface area contributed by atoms with Crippen LogP contribution in [-0.4, -0.2) is 14.8 Å². The smallest absolute Gasteiger partial charge is 0.225 e. The van der Waals surface area contributed by atoms with E-state index in [1.54, 1.807) is 0 Å². The first-order valence-electron chi connectivity index (χ1n) is 5.57. The van der Waals surface area contributed by atoms with E-state index in [0.717, 1.165) is 16.8 Å². The van der Waals surface area contributed by atoms with Gasteiger partial charge in [-0.2, -0.15) is 0 Å². The van der Waals surface area contributed by atoms with Crippen molar-refractivity contribution in [3.63, 3.8) is 0 Å². The van der Waals surface area contributed by atoms with Gasteiger partial charge in [0.05, 0.1) is 6.54 Å². The van der Waals surface area contributed by atoms with Crippen molar-refractivity contribution >= 4 is 27.5 Å². The van der Waals surface area contributed by atoms with Gasteiger partial charge in [0.2, 0.25) is 5.28 Å². The predicted octanol–water partition coefficient (Wildman–Crippen LogP) is 3.62. The minimum atomic E-state index is 0.475. The van der Waals surface area contributed by atoms with E-state index in [4.69, 9.17) is 11.6 Å². The first-order chi connectivity index (χ1) is 8.25. The normalized spacial score (nSPS) is 15.2. The van der Waals surface area contributed by atoms with Gasteiger partial charge in [0.1, 0.15) is 5.82 Å². The van der Waals surface area contributed by atoms with Crippen molar-refractivity contribution in [3.8, 4) is 0 Å². The van der Waals surface area contributed by atoms with Crippen molar-refractivity contribution in [2.75, 3.05) is 0 Å². The molecule has 0 unspecified atom stereocenters. The number of hydrogen-bond donors (Lipinski definition) is 0. The molecule has 1 aliphatic carbocycles. The van der Waals surface area contributed by atoms with Crippen LogP contribution in [0.15, 0.2) is 28.7 Å². The van der Waals surface area contributed by atoms with Gasteiger partial charge < -0.3 is 0 Å². The maximum Gasteiger partial charge on any atom is 0.225 e. The number of benzene rings is 1. The van der Waals surface area contributed by atoms with Crippen molar-refractivity contribution < 1.29 is 0 Å². The van der Waals surface area contributed by atoms with Gasteiger partial charge >= 0.3 is 0 Å². The lowest BCUT2D eigenvalue weighted by Crippen LogP contribution is -2.05. The van der Waals surface area contributed by atoms with E-state index in [2.05, 4.69) is 32.2 Å². The zero-order valence-electron chi connectivity index (χ0n) is 9.11. The summed E-state index contributed by atoms with van der Waals surface area (Å²) < 4.78 is 3.09. The van der Waals surface area contributed by atoms with Crippen LogP contribution in [0.2, 0.25) is 5.28 Å². The average molecular weight is 313 g/mol. The first-order valence-corrected chi connectivity index (χ1v) is 6.75. The van der Waals surface area contributed by atoms with Crippen LogP contribution in [0.25, 0.3) is 0 Å². The second kappa shape index (κ2) is 4.42. The predicted molar refractivity (Wildman–Crippen MR) is 70.3 cm³/mol. The molecule has 3 rings (SSSR count). The molecule has 0 N–H and O–H groups in total. The summed E-state index contributed by atoms with van der Waals surface area (Å²) in [6, 6.07) is 8.14. The van der Waals surface area contributed by atoms with E-state index in [0.29, 0.717) is 11.2 Å². The summed E-state index contributed by atoms with van der Waals surface area (Å²) in [4.78, 5) is 0. The lowest BCUT2D eigenvalue weighted by Gasteiger charge is -2.08. The van der Waals surface area contributed by atoms with Gasteiger partial charge in [-0.15, -0.1) is 10.2 Å². The van der Waals surface area contributed by atoms with Crippen molar-refractivity contribution in [3.05, 3.63) is 45.4 Å². The SMILES string of the molecule is Clc1nnc(C2CC2)n1Cc1ccccc1Br. The molecule has 3 nitrogen and oxygen atoms in total. The molecule has 1 saturated carbocycles. The molecule has 0 radical (unpaired) electrons. The lowest BCUT2D eigenvalue weighted by atomic mass is 10.2. The summed E-state index contributed by atoms with van der Waals surface area (Å²) in [6.45, 7) is 0.721. The Bertz CT molecular complexity index is 548. The van der Waals surface area contributed by atoms with Gasteiger partial charge in [-0.1, -0.05) is 34.1 Å². The summed E-state index contributed by atoms with van der Waals surface area (Å²) in [5, 5.41) is 8.61. The Kier molecular flexibility index (Phi) is 2.92. The Morgan fingerprint density at radius 3 is 2.76 bits per heavy atom. The Morgan fingerprint density at radius 2 is 2.06 bits per heavy atom. The Morgan fingerprint density at radius 1 is 1.29 bits per heavy atom. The van der Waals surface area contributed by atoms with Crippen molar-refractivity contribution in [1.82, 2.24) is 14.8 Å². The Balaban J connectivity index is 1.94. The molecule has 88 valence electrons. The fraction of sp³-hybridized carbons (Fsp3) is 0.333. The molecule has 1 aliphatic rings. The van der Waals surface area contributed by atoms with Crippen LogP contribution in [-0.2, 0) is 6.54 Å². The molecule has 0 saturated heterocycles. The summed E-state index contributed by atoms with van der Waals surface area (Å²) in [7, 11) is 0. The van der Waals surface area contributed by atoms with E-state index in [1.807, 2.05) is 22.8 Å². The van der Waals surface area contributed by atoms with Crippen molar-refractivity contribution in [2.24, 2.45) is 0 Å². The fourth-order valence-electron chi connectivity index (χ4n) is 1.88. The molecule has 0 amide bonds. The summed E-state index contributed by atoms with van der Waals surface area (Å²) in [6.07, 6.45) is 2.40. The molecule has 1 fully saturated rings. The third kappa shape index (κ3) is 2.24. The molecule has 2 aromatic rings. The molecule has 1 aromatic carbocycles. The van der Waals surface area contributed by atoms with Gasteiger partial charge in [0, 0.05) is 10.4 Å². The number of nitrogens with zero attached hydrogens (tertiary/aromatic N) is 3. The highest BCUT2D eigenvalue weighted by Crippen LogP contribution is 2.39. The topological polar surface area (TPSA) is 30.7 Å². The highest BCUT2D eigenvalue weighted by atomic mass is 79.9. The number of rotatable bonds is 3. The van der Waals surface area contributed by atoms with Crippen LogP contribution in [0.1, 0.15) is 30.1 Å². The van der Waals surface area contributed by atoms with Crippen molar-refractivity contribution in [1.29, 1.82) is 0 Å². The molecular weight excluding hydrogens is 302 g/mol. The van der Waals surface area contributed by atoms with Crippen molar-refractivity contribution in [2.45, 2.75) is 25.3 Å². The van der Waals surface area contributed by atoms with Gasteiger partial charge in [-0.25, -0.2) is 0 Å². The number of halogens is 2. The first kappa shape index (κ1) is 11.2. The molecule has 0 aliphatic heterocycles. The second-order valence-electron chi connectivity index (χ2n) is 4.28.